The summed E-state index contributed by atoms with van der Waals surface area (Å²) in [5.74, 6) is 0. The molecule has 0 aliphatic carbocycles. The van der Waals surface area contributed by atoms with Crippen LogP contribution < -0.4 is 5.32 Å². The Bertz CT molecular complexity index is 395. The lowest BCUT2D eigenvalue weighted by Gasteiger charge is -2.35. The number of hydrogen-bond acceptors (Lipinski definition) is 2. The number of halogens is 3. The van der Waals surface area contributed by atoms with Gasteiger partial charge >= 0.3 is 0 Å². The smallest absolute Gasteiger partial charge is 0.0912 e. The fourth-order valence-corrected chi connectivity index (χ4v) is 2.87. The van der Waals surface area contributed by atoms with Crippen molar-refractivity contribution in [3.63, 3.8) is 0 Å². The quantitative estimate of drug-likeness (QED) is 0.917. The number of rotatable bonds is 4. The minimum Gasteiger partial charge on any atom is -0.314 e. The molecule has 2 rings (SSSR count). The van der Waals surface area contributed by atoms with Crippen molar-refractivity contribution in [1.82, 2.24) is 10.2 Å². The number of aryl methyl sites for hydroxylation is 1. The van der Waals surface area contributed by atoms with E-state index in [4.69, 9.17) is 11.6 Å². The summed E-state index contributed by atoms with van der Waals surface area (Å²) >= 11 is 5.99. The summed E-state index contributed by atoms with van der Waals surface area (Å²) in [5, 5.41) is 4.08. The zero-order valence-electron chi connectivity index (χ0n) is 11.2. The lowest BCUT2D eigenvalue weighted by atomic mass is 9.97. The Balaban J connectivity index is 0.00000180. The van der Waals surface area contributed by atoms with E-state index in [0.717, 1.165) is 36.8 Å². The molecule has 1 heterocycles. The lowest BCUT2D eigenvalue weighted by Crippen LogP contribution is -2.45. The largest absolute Gasteiger partial charge is 0.314 e. The first kappa shape index (κ1) is 16.7. The molecule has 108 valence electrons. The van der Waals surface area contributed by atoms with E-state index in [1.54, 1.807) is 0 Å². The number of hydrogen-bond donors (Lipinski definition) is 1. The number of alkyl halides is 1. The molecule has 0 aromatic heterocycles. The van der Waals surface area contributed by atoms with E-state index < -0.39 is 0 Å². The van der Waals surface area contributed by atoms with Crippen LogP contribution >= 0.6 is 24.0 Å². The zero-order chi connectivity index (χ0) is 13.0. The van der Waals surface area contributed by atoms with Gasteiger partial charge in [-0.2, -0.15) is 0 Å². The SMILES string of the molecule is Cc1cc(Cl)ccc1[C@H](CCF)N1CCNCC1.Cl. The van der Waals surface area contributed by atoms with E-state index in [2.05, 4.69) is 17.1 Å². The first-order valence-electron chi connectivity index (χ1n) is 6.49. The minimum absolute atomic E-state index is 0. The molecule has 1 aromatic rings. The summed E-state index contributed by atoms with van der Waals surface area (Å²) in [6.07, 6.45) is 0.558. The maximum absolute atomic E-state index is 12.8. The van der Waals surface area contributed by atoms with Crippen LogP contribution in [0.15, 0.2) is 18.2 Å². The topological polar surface area (TPSA) is 15.3 Å². The molecular weight excluding hydrogens is 286 g/mol. The highest BCUT2D eigenvalue weighted by molar-refractivity contribution is 6.30. The molecule has 0 spiro atoms. The summed E-state index contributed by atoms with van der Waals surface area (Å²) in [4.78, 5) is 2.37. The molecule has 2 nitrogen and oxygen atoms in total. The lowest BCUT2D eigenvalue weighted by molar-refractivity contribution is 0.157. The van der Waals surface area contributed by atoms with Crippen LogP contribution in [0.1, 0.15) is 23.6 Å². The van der Waals surface area contributed by atoms with Crippen molar-refractivity contribution in [2.75, 3.05) is 32.9 Å². The average Bonchev–Trinajstić information content (AvgIpc) is 2.38. The van der Waals surface area contributed by atoms with Crippen LogP contribution in [0.2, 0.25) is 5.02 Å². The van der Waals surface area contributed by atoms with Crippen molar-refractivity contribution in [3.8, 4) is 0 Å². The second-order valence-corrected chi connectivity index (χ2v) is 5.22. The molecule has 0 amide bonds. The molecule has 0 unspecified atom stereocenters. The predicted molar refractivity (Wildman–Crippen MR) is 81.2 cm³/mol. The molecule has 1 fully saturated rings. The molecule has 19 heavy (non-hydrogen) atoms. The van der Waals surface area contributed by atoms with Crippen molar-refractivity contribution < 1.29 is 4.39 Å². The van der Waals surface area contributed by atoms with E-state index in [1.807, 2.05) is 18.2 Å². The molecule has 1 aliphatic heterocycles. The molecule has 1 saturated heterocycles. The number of nitrogens with one attached hydrogen (secondary N) is 1. The third-order valence-electron chi connectivity index (χ3n) is 3.57. The molecule has 0 bridgehead atoms. The molecule has 1 N–H and O–H groups in total. The van der Waals surface area contributed by atoms with Gasteiger partial charge < -0.3 is 5.32 Å². The van der Waals surface area contributed by atoms with E-state index >= 15 is 0 Å². The van der Waals surface area contributed by atoms with Crippen molar-refractivity contribution in [1.29, 1.82) is 0 Å². The Hall–Kier alpha value is -0.350. The van der Waals surface area contributed by atoms with E-state index in [9.17, 15) is 4.39 Å². The summed E-state index contributed by atoms with van der Waals surface area (Å²) < 4.78 is 12.8. The highest BCUT2D eigenvalue weighted by Gasteiger charge is 2.23. The fourth-order valence-electron chi connectivity index (χ4n) is 2.64. The van der Waals surface area contributed by atoms with Gasteiger partial charge in [0.15, 0.2) is 0 Å². The van der Waals surface area contributed by atoms with Crippen molar-refractivity contribution in [2.24, 2.45) is 0 Å². The van der Waals surface area contributed by atoms with E-state index in [1.165, 1.54) is 5.56 Å². The third-order valence-corrected chi connectivity index (χ3v) is 3.80. The van der Waals surface area contributed by atoms with Gasteiger partial charge in [-0.05, 0) is 36.6 Å². The molecule has 1 aromatic carbocycles. The minimum atomic E-state index is -0.281. The Morgan fingerprint density at radius 1 is 1.37 bits per heavy atom. The summed E-state index contributed by atoms with van der Waals surface area (Å²) in [6, 6.07) is 6.08. The van der Waals surface area contributed by atoms with Gasteiger partial charge in [-0.25, -0.2) is 0 Å². The van der Waals surface area contributed by atoms with Gasteiger partial charge in [0.25, 0.3) is 0 Å². The van der Waals surface area contributed by atoms with Crippen LogP contribution in [0.25, 0.3) is 0 Å². The molecule has 1 atom stereocenters. The highest BCUT2D eigenvalue weighted by Crippen LogP contribution is 2.29. The number of benzene rings is 1. The maximum atomic E-state index is 12.8. The molecule has 0 saturated carbocycles. The van der Waals surface area contributed by atoms with Crippen LogP contribution in [-0.2, 0) is 0 Å². The van der Waals surface area contributed by atoms with Gasteiger partial charge in [0.05, 0.1) is 6.67 Å². The first-order valence-corrected chi connectivity index (χ1v) is 6.87. The van der Waals surface area contributed by atoms with Gasteiger partial charge in [0, 0.05) is 37.2 Å². The van der Waals surface area contributed by atoms with Gasteiger partial charge in [-0.1, -0.05) is 17.7 Å². The summed E-state index contributed by atoms with van der Waals surface area (Å²) in [6.45, 7) is 5.69. The Morgan fingerprint density at radius 2 is 2.05 bits per heavy atom. The van der Waals surface area contributed by atoms with Crippen LogP contribution in [0, 0.1) is 6.92 Å². The Kier molecular flexibility index (Phi) is 7.08. The van der Waals surface area contributed by atoms with Crippen molar-refractivity contribution in [2.45, 2.75) is 19.4 Å². The first-order chi connectivity index (χ1) is 8.72. The van der Waals surface area contributed by atoms with Crippen LogP contribution in [0.3, 0.4) is 0 Å². The van der Waals surface area contributed by atoms with Crippen molar-refractivity contribution >= 4 is 24.0 Å². The monoisotopic (exact) mass is 306 g/mol. The second-order valence-electron chi connectivity index (χ2n) is 4.78. The van der Waals surface area contributed by atoms with Crippen LogP contribution in [0.4, 0.5) is 4.39 Å². The van der Waals surface area contributed by atoms with Crippen LogP contribution in [0.5, 0.6) is 0 Å². The normalized spacial score (nSPS) is 17.8. The van der Waals surface area contributed by atoms with Crippen LogP contribution in [-0.4, -0.2) is 37.8 Å². The standard InChI is InChI=1S/C14H20ClFN2.ClH/c1-11-10-12(15)2-3-13(11)14(4-5-16)18-8-6-17-7-9-18;/h2-3,10,14,17H,4-9H2,1H3;1H/t14-;/m0./s1. The second kappa shape index (κ2) is 8.05. The average molecular weight is 307 g/mol. The van der Waals surface area contributed by atoms with Gasteiger partial charge in [-0.3, -0.25) is 9.29 Å². The van der Waals surface area contributed by atoms with Gasteiger partial charge in [0.1, 0.15) is 0 Å². The number of nitrogens with zero attached hydrogens (tertiary/aromatic N) is 1. The summed E-state index contributed by atoms with van der Waals surface area (Å²) in [7, 11) is 0. The van der Waals surface area contributed by atoms with Crippen molar-refractivity contribution in [3.05, 3.63) is 34.3 Å². The van der Waals surface area contributed by atoms with Gasteiger partial charge in [-0.15, -0.1) is 12.4 Å². The third kappa shape index (κ3) is 4.32. The maximum Gasteiger partial charge on any atom is 0.0912 e. The molecule has 5 heteroatoms. The molecule has 1 aliphatic rings. The summed E-state index contributed by atoms with van der Waals surface area (Å²) in [5.41, 5.74) is 2.36. The highest BCUT2D eigenvalue weighted by atomic mass is 35.5. The zero-order valence-corrected chi connectivity index (χ0v) is 12.7. The molecular formula is C14H21Cl2FN2. The Morgan fingerprint density at radius 3 is 2.63 bits per heavy atom. The van der Waals surface area contributed by atoms with E-state index in [0.29, 0.717) is 6.42 Å². The van der Waals surface area contributed by atoms with Gasteiger partial charge in [0.2, 0.25) is 0 Å². The Labute approximate surface area is 125 Å². The predicted octanol–water partition coefficient (Wildman–Crippen LogP) is 3.38. The molecule has 0 radical (unpaired) electrons. The number of piperazine rings is 1. The van der Waals surface area contributed by atoms with E-state index in [-0.39, 0.29) is 25.1 Å². The fraction of sp³-hybridized carbons (Fsp3) is 0.571.